The molecule has 3 rings (SSSR count). The molecule has 1 aliphatic carbocycles. The van der Waals surface area contributed by atoms with Gasteiger partial charge < -0.3 is 19.9 Å². The van der Waals surface area contributed by atoms with Crippen LogP contribution in [-0.4, -0.2) is 60.6 Å². The highest BCUT2D eigenvalue weighted by atomic mass is 19.1. The average Bonchev–Trinajstić information content (AvgIpc) is 3.14. The van der Waals surface area contributed by atoms with Gasteiger partial charge in [-0.05, 0) is 25.0 Å². The van der Waals surface area contributed by atoms with Crippen LogP contribution in [0.2, 0.25) is 0 Å². The van der Waals surface area contributed by atoms with E-state index < -0.39 is 5.82 Å². The Bertz CT molecular complexity index is 611. The Labute approximate surface area is 146 Å². The van der Waals surface area contributed by atoms with Gasteiger partial charge in [0.1, 0.15) is 0 Å². The minimum Gasteiger partial charge on any atom is -0.481 e. The number of nitrogens with zero attached hydrogens (tertiary/aromatic N) is 2. The van der Waals surface area contributed by atoms with Gasteiger partial charge in [-0.2, -0.15) is 0 Å². The summed E-state index contributed by atoms with van der Waals surface area (Å²) < 4.78 is 18.7. The fraction of sp³-hybridized carbons (Fsp3) is 0.556. The van der Waals surface area contributed by atoms with E-state index in [2.05, 4.69) is 5.32 Å². The van der Waals surface area contributed by atoms with Crippen LogP contribution in [-0.2, 0) is 4.79 Å². The molecule has 1 N–H and O–H groups in total. The molecule has 2 aliphatic rings. The molecular weight excluding hydrogens is 325 g/mol. The van der Waals surface area contributed by atoms with Gasteiger partial charge in [0.15, 0.2) is 18.2 Å². The number of carbonyl (C=O) groups is 2. The molecule has 6 nitrogen and oxygen atoms in total. The maximum atomic E-state index is 13.5. The number of carbonyl (C=O) groups excluding carboxylic acids is 2. The van der Waals surface area contributed by atoms with Crippen LogP contribution in [0, 0.1) is 5.82 Å². The molecule has 1 aliphatic heterocycles. The Kier molecular flexibility index (Phi) is 5.73. The molecule has 25 heavy (non-hydrogen) atoms. The third kappa shape index (κ3) is 4.61. The fourth-order valence-electron chi connectivity index (χ4n) is 3.29. The minimum atomic E-state index is -0.483. The molecule has 0 unspecified atom stereocenters. The molecule has 7 heteroatoms. The molecule has 136 valence electrons. The second-order valence-corrected chi connectivity index (χ2v) is 6.52. The van der Waals surface area contributed by atoms with E-state index in [1.165, 1.54) is 25.0 Å². The molecule has 1 aromatic rings. The third-order valence-electron chi connectivity index (χ3n) is 4.79. The number of amides is 3. The highest BCUT2D eigenvalue weighted by Gasteiger charge is 2.26. The van der Waals surface area contributed by atoms with Gasteiger partial charge >= 0.3 is 6.03 Å². The largest absolute Gasteiger partial charge is 0.481 e. The molecular formula is C18H24FN3O3. The van der Waals surface area contributed by atoms with Crippen molar-refractivity contribution >= 4 is 11.9 Å². The smallest absolute Gasteiger partial charge is 0.317 e. The molecule has 0 aromatic heterocycles. The molecule has 3 amide bonds. The highest BCUT2D eigenvalue weighted by molar-refractivity contribution is 5.79. The van der Waals surface area contributed by atoms with Crippen molar-refractivity contribution in [3.8, 4) is 5.75 Å². The van der Waals surface area contributed by atoms with E-state index in [4.69, 9.17) is 4.74 Å². The van der Waals surface area contributed by atoms with Gasteiger partial charge in [0.05, 0.1) is 0 Å². The Morgan fingerprint density at radius 1 is 1.08 bits per heavy atom. The summed E-state index contributed by atoms with van der Waals surface area (Å²) in [5.74, 6) is -0.603. The van der Waals surface area contributed by atoms with Gasteiger partial charge in [0.25, 0.3) is 5.91 Å². The first-order chi connectivity index (χ1) is 12.1. The van der Waals surface area contributed by atoms with E-state index in [1.54, 1.807) is 21.9 Å². The summed E-state index contributed by atoms with van der Waals surface area (Å²) in [6.45, 7) is 1.75. The van der Waals surface area contributed by atoms with Gasteiger partial charge in [0.2, 0.25) is 0 Å². The third-order valence-corrected chi connectivity index (χ3v) is 4.79. The molecule has 0 spiro atoms. The minimum absolute atomic E-state index is 0.0402. The van der Waals surface area contributed by atoms with Crippen molar-refractivity contribution in [1.82, 2.24) is 15.1 Å². The number of urea groups is 1. The lowest BCUT2D eigenvalue weighted by Gasteiger charge is -2.35. The number of halogens is 1. The lowest BCUT2D eigenvalue weighted by Crippen LogP contribution is -2.55. The number of para-hydroxylation sites is 1. The quantitative estimate of drug-likeness (QED) is 0.904. The first-order valence-electron chi connectivity index (χ1n) is 8.84. The number of rotatable bonds is 4. The van der Waals surface area contributed by atoms with Crippen LogP contribution in [0.4, 0.5) is 9.18 Å². The number of hydrogen-bond acceptors (Lipinski definition) is 3. The molecule has 1 heterocycles. The Hall–Kier alpha value is -2.31. The summed E-state index contributed by atoms with van der Waals surface area (Å²) in [4.78, 5) is 27.8. The van der Waals surface area contributed by atoms with Gasteiger partial charge in [-0.1, -0.05) is 25.0 Å². The van der Waals surface area contributed by atoms with Crippen LogP contribution in [0.1, 0.15) is 25.7 Å². The van der Waals surface area contributed by atoms with Crippen molar-refractivity contribution in [2.24, 2.45) is 0 Å². The first kappa shape index (κ1) is 17.5. The molecule has 2 fully saturated rings. The Balaban J connectivity index is 1.41. The molecule has 0 bridgehead atoms. The van der Waals surface area contributed by atoms with E-state index >= 15 is 0 Å². The molecule has 1 saturated heterocycles. The fourth-order valence-corrected chi connectivity index (χ4v) is 3.29. The maximum Gasteiger partial charge on any atom is 0.317 e. The lowest BCUT2D eigenvalue weighted by atomic mass is 10.2. The predicted octanol–water partition coefficient (Wildman–Crippen LogP) is 2.00. The number of nitrogens with one attached hydrogen (secondary N) is 1. The zero-order valence-corrected chi connectivity index (χ0v) is 14.2. The van der Waals surface area contributed by atoms with E-state index in [0.29, 0.717) is 32.2 Å². The highest BCUT2D eigenvalue weighted by Crippen LogP contribution is 2.18. The molecule has 0 radical (unpaired) electrons. The average molecular weight is 349 g/mol. The molecule has 1 aromatic carbocycles. The maximum absolute atomic E-state index is 13.5. The van der Waals surface area contributed by atoms with Crippen LogP contribution < -0.4 is 10.1 Å². The number of ether oxygens (including phenoxy) is 1. The van der Waals surface area contributed by atoms with Gasteiger partial charge in [-0.25, -0.2) is 9.18 Å². The second-order valence-electron chi connectivity index (χ2n) is 6.52. The predicted molar refractivity (Wildman–Crippen MR) is 90.8 cm³/mol. The van der Waals surface area contributed by atoms with Crippen molar-refractivity contribution in [2.45, 2.75) is 31.7 Å². The number of piperazine rings is 1. The second kappa shape index (κ2) is 8.18. The van der Waals surface area contributed by atoms with E-state index in [0.717, 1.165) is 12.8 Å². The summed E-state index contributed by atoms with van der Waals surface area (Å²) in [6, 6.07) is 6.27. The number of benzene rings is 1. The summed E-state index contributed by atoms with van der Waals surface area (Å²) in [7, 11) is 0. The summed E-state index contributed by atoms with van der Waals surface area (Å²) in [5, 5.41) is 3.06. The van der Waals surface area contributed by atoms with Gasteiger partial charge in [0, 0.05) is 32.2 Å². The normalized spacial score (nSPS) is 18.3. The zero-order valence-electron chi connectivity index (χ0n) is 14.2. The van der Waals surface area contributed by atoms with Crippen LogP contribution in [0.15, 0.2) is 24.3 Å². The SMILES string of the molecule is O=C(COc1ccccc1F)N1CCN(C(=O)NC2CCCC2)CC1. The van der Waals surface area contributed by atoms with E-state index in [1.807, 2.05) is 0 Å². The van der Waals surface area contributed by atoms with E-state index in [9.17, 15) is 14.0 Å². The van der Waals surface area contributed by atoms with Crippen LogP contribution in [0.3, 0.4) is 0 Å². The monoisotopic (exact) mass is 349 g/mol. The number of hydrogen-bond donors (Lipinski definition) is 1. The Morgan fingerprint density at radius 2 is 1.72 bits per heavy atom. The standard InChI is InChI=1S/C18H24FN3O3/c19-15-7-3-4-8-16(15)25-13-17(23)21-9-11-22(12-10-21)18(24)20-14-5-1-2-6-14/h3-4,7-8,14H,1-2,5-6,9-13H2,(H,20,24). The molecule has 0 atom stereocenters. The van der Waals surface area contributed by atoms with Crippen molar-refractivity contribution < 1.29 is 18.7 Å². The van der Waals surface area contributed by atoms with Crippen molar-refractivity contribution in [1.29, 1.82) is 0 Å². The summed E-state index contributed by atoms with van der Waals surface area (Å²) in [6.07, 6.45) is 4.46. The van der Waals surface area contributed by atoms with E-state index in [-0.39, 0.29) is 24.3 Å². The summed E-state index contributed by atoms with van der Waals surface area (Å²) in [5.41, 5.74) is 0. The topological polar surface area (TPSA) is 61.9 Å². The van der Waals surface area contributed by atoms with Crippen LogP contribution in [0.5, 0.6) is 5.75 Å². The molecule has 1 saturated carbocycles. The van der Waals surface area contributed by atoms with Crippen LogP contribution in [0.25, 0.3) is 0 Å². The van der Waals surface area contributed by atoms with Gasteiger partial charge in [-0.15, -0.1) is 0 Å². The Morgan fingerprint density at radius 3 is 2.40 bits per heavy atom. The van der Waals surface area contributed by atoms with Gasteiger partial charge in [-0.3, -0.25) is 4.79 Å². The van der Waals surface area contributed by atoms with Crippen molar-refractivity contribution in [2.75, 3.05) is 32.8 Å². The van der Waals surface area contributed by atoms with Crippen molar-refractivity contribution in [3.63, 3.8) is 0 Å². The first-order valence-corrected chi connectivity index (χ1v) is 8.84. The van der Waals surface area contributed by atoms with Crippen molar-refractivity contribution in [3.05, 3.63) is 30.1 Å². The lowest BCUT2D eigenvalue weighted by molar-refractivity contribution is -0.134. The zero-order chi connectivity index (χ0) is 17.6. The van der Waals surface area contributed by atoms with Crippen LogP contribution >= 0.6 is 0 Å². The summed E-state index contributed by atoms with van der Waals surface area (Å²) >= 11 is 0.